The highest BCUT2D eigenvalue weighted by Crippen LogP contribution is 2.30. The number of methoxy groups -OCH3 is 1. The van der Waals surface area contributed by atoms with Gasteiger partial charge in [-0.15, -0.1) is 0 Å². The highest BCUT2D eigenvalue weighted by molar-refractivity contribution is 6.32. The van der Waals surface area contributed by atoms with Gasteiger partial charge in [0.25, 0.3) is 0 Å². The Labute approximate surface area is 105 Å². The van der Waals surface area contributed by atoms with Gasteiger partial charge in [-0.2, -0.15) is 0 Å². The molecule has 17 heavy (non-hydrogen) atoms. The van der Waals surface area contributed by atoms with Crippen molar-refractivity contribution in [3.63, 3.8) is 0 Å². The largest absolute Gasteiger partial charge is 0.495 e. The van der Waals surface area contributed by atoms with Gasteiger partial charge in [0, 0.05) is 19.2 Å². The van der Waals surface area contributed by atoms with Crippen molar-refractivity contribution >= 4 is 11.6 Å². The molecule has 0 unspecified atom stereocenters. The molecule has 2 aromatic rings. The highest BCUT2D eigenvalue weighted by atomic mass is 35.5. The first-order valence-corrected chi connectivity index (χ1v) is 5.59. The van der Waals surface area contributed by atoms with Crippen LogP contribution in [0, 0.1) is 0 Å². The number of nitrogens with two attached hydrogens (primary N) is 1. The summed E-state index contributed by atoms with van der Waals surface area (Å²) in [5.74, 6) is 0.653. The third-order valence-electron chi connectivity index (χ3n) is 2.68. The minimum Gasteiger partial charge on any atom is -0.495 e. The van der Waals surface area contributed by atoms with Crippen LogP contribution in [0.25, 0.3) is 11.3 Å². The summed E-state index contributed by atoms with van der Waals surface area (Å²) in [6.45, 7) is 0.440. The van der Waals surface area contributed by atoms with E-state index in [0.717, 1.165) is 17.0 Å². The average molecular weight is 252 g/mol. The second kappa shape index (κ2) is 4.77. The summed E-state index contributed by atoms with van der Waals surface area (Å²) in [4.78, 5) is 4.34. The summed E-state index contributed by atoms with van der Waals surface area (Å²) >= 11 is 6.09. The molecule has 0 saturated carbocycles. The number of hydrogen-bond acceptors (Lipinski definition) is 3. The second-order valence-corrected chi connectivity index (χ2v) is 4.11. The van der Waals surface area contributed by atoms with Crippen molar-refractivity contribution in [2.45, 2.75) is 6.54 Å². The molecule has 5 heteroatoms. The Morgan fingerprint density at radius 1 is 1.47 bits per heavy atom. The molecule has 1 heterocycles. The summed E-state index contributed by atoms with van der Waals surface area (Å²) in [5.41, 5.74) is 8.49. The number of aryl methyl sites for hydroxylation is 1. The molecule has 0 aliphatic heterocycles. The van der Waals surface area contributed by atoms with Gasteiger partial charge in [-0.25, -0.2) is 4.98 Å². The van der Waals surface area contributed by atoms with Crippen molar-refractivity contribution in [2.75, 3.05) is 7.11 Å². The predicted octanol–water partition coefficient (Wildman–Crippen LogP) is 2.21. The summed E-state index contributed by atoms with van der Waals surface area (Å²) in [7, 11) is 3.51. The van der Waals surface area contributed by atoms with Crippen LogP contribution in [0.2, 0.25) is 5.02 Å². The Kier molecular flexibility index (Phi) is 3.36. The van der Waals surface area contributed by atoms with Crippen molar-refractivity contribution in [3.05, 3.63) is 35.2 Å². The van der Waals surface area contributed by atoms with Gasteiger partial charge >= 0.3 is 0 Å². The lowest BCUT2D eigenvalue weighted by molar-refractivity contribution is 0.415. The Hall–Kier alpha value is -1.52. The molecule has 0 amide bonds. The van der Waals surface area contributed by atoms with Crippen molar-refractivity contribution < 1.29 is 4.74 Å². The van der Waals surface area contributed by atoms with Gasteiger partial charge in [0.15, 0.2) is 0 Å². The number of hydrogen-bond donors (Lipinski definition) is 1. The van der Waals surface area contributed by atoms with Crippen molar-refractivity contribution in [2.24, 2.45) is 12.8 Å². The number of rotatable bonds is 3. The molecular formula is C12H14ClN3O. The zero-order valence-corrected chi connectivity index (χ0v) is 10.5. The van der Waals surface area contributed by atoms with Crippen molar-refractivity contribution in [3.8, 4) is 17.0 Å². The van der Waals surface area contributed by atoms with E-state index in [2.05, 4.69) is 4.98 Å². The van der Waals surface area contributed by atoms with E-state index in [1.807, 2.05) is 29.8 Å². The number of aromatic nitrogens is 2. The SMILES string of the molecule is COc1ccc(-c2ncn(C)c2CN)cc1Cl. The minimum atomic E-state index is 0.440. The predicted molar refractivity (Wildman–Crippen MR) is 68.1 cm³/mol. The number of nitrogens with zero attached hydrogens (tertiary/aromatic N) is 2. The normalized spacial score (nSPS) is 10.6. The summed E-state index contributed by atoms with van der Waals surface area (Å²) in [6.07, 6.45) is 1.75. The van der Waals surface area contributed by atoms with Gasteiger partial charge in [-0.1, -0.05) is 11.6 Å². The van der Waals surface area contributed by atoms with Gasteiger partial charge in [0.05, 0.1) is 29.8 Å². The van der Waals surface area contributed by atoms with Crippen LogP contribution in [0.1, 0.15) is 5.69 Å². The van der Waals surface area contributed by atoms with Crippen molar-refractivity contribution in [1.82, 2.24) is 9.55 Å². The third kappa shape index (κ3) is 2.14. The maximum Gasteiger partial charge on any atom is 0.137 e. The fraction of sp³-hybridized carbons (Fsp3) is 0.250. The van der Waals surface area contributed by atoms with E-state index >= 15 is 0 Å². The zero-order chi connectivity index (χ0) is 12.4. The molecule has 1 aromatic heterocycles. The van der Waals surface area contributed by atoms with Crippen LogP contribution in [0.3, 0.4) is 0 Å². The maximum absolute atomic E-state index is 6.09. The van der Waals surface area contributed by atoms with Crippen LogP contribution in [0.5, 0.6) is 5.75 Å². The molecule has 0 aliphatic rings. The Morgan fingerprint density at radius 2 is 2.24 bits per heavy atom. The standard InChI is InChI=1S/C12H14ClN3O/c1-16-7-15-12(10(16)6-14)8-3-4-11(17-2)9(13)5-8/h3-5,7H,6,14H2,1-2H3. The van der Waals surface area contributed by atoms with E-state index in [4.69, 9.17) is 22.1 Å². The molecule has 2 rings (SSSR count). The van der Waals surface area contributed by atoms with Crippen LogP contribution in [0.4, 0.5) is 0 Å². The quantitative estimate of drug-likeness (QED) is 0.910. The lowest BCUT2D eigenvalue weighted by Crippen LogP contribution is -2.04. The number of ether oxygens (including phenoxy) is 1. The van der Waals surface area contributed by atoms with Crippen LogP contribution in [-0.4, -0.2) is 16.7 Å². The molecule has 0 fully saturated rings. The first-order valence-electron chi connectivity index (χ1n) is 5.21. The molecule has 0 bridgehead atoms. The van der Waals surface area contributed by atoms with E-state index in [0.29, 0.717) is 17.3 Å². The zero-order valence-electron chi connectivity index (χ0n) is 9.77. The Balaban J connectivity index is 2.49. The molecule has 0 saturated heterocycles. The van der Waals surface area contributed by atoms with Gasteiger partial charge in [0.2, 0.25) is 0 Å². The molecule has 2 N–H and O–H groups in total. The van der Waals surface area contributed by atoms with E-state index in [1.165, 1.54) is 0 Å². The van der Waals surface area contributed by atoms with Gasteiger partial charge in [0.1, 0.15) is 5.75 Å². The Morgan fingerprint density at radius 3 is 2.82 bits per heavy atom. The molecule has 0 aliphatic carbocycles. The number of benzene rings is 1. The lowest BCUT2D eigenvalue weighted by Gasteiger charge is -2.06. The van der Waals surface area contributed by atoms with Crippen LogP contribution in [-0.2, 0) is 13.6 Å². The van der Waals surface area contributed by atoms with Gasteiger partial charge in [-0.3, -0.25) is 0 Å². The fourth-order valence-electron chi connectivity index (χ4n) is 1.75. The Bertz CT molecular complexity index is 537. The molecular weight excluding hydrogens is 238 g/mol. The minimum absolute atomic E-state index is 0.440. The first kappa shape index (κ1) is 12.0. The topological polar surface area (TPSA) is 53.1 Å². The maximum atomic E-state index is 6.09. The van der Waals surface area contributed by atoms with Crippen LogP contribution < -0.4 is 10.5 Å². The highest BCUT2D eigenvalue weighted by Gasteiger charge is 2.11. The second-order valence-electron chi connectivity index (χ2n) is 3.70. The van der Waals surface area contributed by atoms with E-state index in [9.17, 15) is 0 Å². The van der Waals surface area contributed by atoms with E-state index in [1.54, 1.807) is 13.4 Å². The third-order valence-corrected chi connectivity index (χ3v) is 2.97. The van der Waals surface area contributed by atoms with Gasteiger partial charge < -0.3 is 15.0 Å². The van der Waals surface area contributed by atoms with E-state index < -0.39 is 0 Å². The van der Waals surface area contributed by atoms with E-state index in [-0.39, 0.29) is 0 Å². The first-order chi connectivity index (χ1) is 8.17. The molecule has 0 radical (unpaired) electrons. The van der Waals surface area contributed by atoms with Gasteiger partial charge in [-0.05, 0) is 18.2 Å². The summed E-state index contributed by atoms with van der Waals surface area (Å²) < 4.78 is 7.03. The molecule has 0 spiro atoms. The van der Waals surface area contributed by atoms with Crippen LogP contribution >= 0.6 is 11.6 Å². The molecule has 1 aromatic carbocycles. The molecule has 4 nitrogen and oxygen atoms in total. The smallest absolute Gasteiger partial charge is 0.137 e. The van der Waals surface area contributed by atoms with Crippen LogP contribution in [0.15, 0.2) is 24.5 Å². The number of imidazole rings is 1. The van der Waals surface area contributed by atoms with Crippen molar-refractivity contribution in [1.29, 1.82) is 0 Å². The molecule has 0 atom stereocenters. The fourth-order valence-corrected chi connectivity index (χ4v) is 2.01. The summed E-state index contributed by atoms with van der Waals surface area (Å²) in [6, 6.07) is 5.58. The lowest BCUT2D eigenvalue weighted by atomic mass is 10.1. The monoisotopic (exact) mass is 251 g/mol. The summed E-state index contributed by atoms with van der Waals surface area (Å²) in [5, 5.41) is 0.568. The molecule has 90 valence electrons. The average Bonchev–Trinajstić information content (AvgIpc) is 2.70. The number of halogens is 1.